The lowest BCUT2D eigenvalue weighted by molar-refractivity contribution is -0.385. The van der Waals surface area contributed by atoms with Crippen molar-refractivity contribution in [2.75, 3.05) is 0 Å². The third-order valence-electron chi connectivity index (χ3n) is 1.57. The summed E-state index contributed by atoms with van der Waals surface area (Å²) in [5.41, 5.74) is 1.01. The minimum absolute atomic E-state index is 0.218. The number of hydrogen-bond donors (Lipinski definition) is 0. The van der Waals surface area contributed by atoms with Crippen molar-refractivity contribution in [3.63, 3.8) is 0 Å². The summed E-state index contributed by atoms with van der Waals surface area (Å²) in [6, 6.07) is 6.79. The summed E-state index contributed by atoms with van der Waals surface area (Å²) in [5.74, 6) is 0. The van der Waals surface area contributed by atoms with E-state index < -0.39 is 0 Å². The van der Waals surface area contributed by atoms with Gasteiger partial charge in [-0.15, -0.1) is 0 Å². The van der Waals surface area contributed by atoms with Crippen LogP contribution in [0, 0.1) is 10.1 Å². The van der Waals surface area contributed by atoms with Crippen molar-refractivity contribution < 1.29 is 14.5 Å². The summed E-state index contributed by atoms with van der Waals surface area (Å²) >= 11 is 0. The van der Waals surface area contributed by atoms with Gasteiger partial charge in [0.2, 0.25) is 0 Å². The maximum Gasteiger partial charge on any atom is 0.272 e. The standard InChI is InChI=1S/C8H9NO2.C2H6.2CH2O/c1-2-7-5-3-4-6-8(7)9(10)11;3*1-2/h3-6H,2H2,1H3;1-2H3;2*1H2. The van der Waals surface area contributed by atoms with Crippen LogP contribution in [-0.2, 0) is 16.0 Å². The van der Waals surface area contributed by atoms with Gasteiger partial charge in [-0.1, -0.05) is 39.0 Å². The molecule has 96 valence electrons. The molecular formula is C12H19NO4. The van der Waals surface area contributed by atoms with E-state index in [4.69, 9.17) is 9.59 Å². The highest BCUT2D eigenvalue weighted by Gasteiger charge is 2.08. The third-order valence-corrected chi connectivity index (χ3v) is 1.57. The van der Waals surface area contributed by atoms with Crippen LogP contribution >= 0.6 is 0 Å². The maximum absolute atomic E-state index is 10.4. The molecule has 0 saturated carbocycles. The average Bonchev–Trinajstić information content (AvgIpc) is 2.45. The molecule has 0 aliphatic carbocycles. The van der Waals surface area contributed by atoms with Crippen LogP contribution in [0.4, 0.5) is 5.69 Å². The lowest BCUT2D eigenvalue weighted by Gasteiger charge is -1.96. The smallest absolute Gasteiger partial charge is 0.272 e. The van der Waals surface area contributed by atoms with Crippen molar-refractivity contribution in [1.29, 1.82) is 0 Å². The van der Waals surface area contributed by atoms with Crippen molar-refractivity contribution in [2.24, 2.45) is 0 Å². The van der Waals surface area contributed by atoms with Gasteiger partial charge in [0.25, 0.3) is 5.69 Å². The first-order valence-corrected chi connectivity index (χ1v) is 5.05. The van der Waals surface area contributed by atoms with E-state index in [1.165, 1.54) is 6.07 Å². The Kier molecular flexibility index (Phi) is 19.7. The molecule has 0 unspecified atom stereocenters. The molecule has 1 aromatic carbocycles. The second-order valence-electron chi connectivity index (χ2n) is 2.24. The van der Waals surface area contributed by atoms with Gasteiger partial charge in [-0.2, -0.15) is 0 Å². The summed E-state index contributed by atoms with van der Waals surface area (Å²) in [6.07, 6.45) is 0.706. The van der Waals surface area contributed by atoms with Crippen LogP contribution in [0.15, 0.2) is 24.3 Å². The van der Waals surface area contributed by atoms with Gasteiger partial charge in [0.05, 0.1) is 4.92 Å². The predicted molar refractivity (Wildman–Crippen MR) is 68.1 cm³/mol. The minimum Gasteiger partial charge on any atom is -0.307 e. The van der Waals surface area contributed by atoms with Crippen LogP contribution in [-0.4, -0.2) is 18.5 Å². The zero-order valence-corrected chi connectivity index (χ0v) is 10.5. The SMILES string of the molecule is C=O.C=O.CC.CCc1ccccc1[N+](=O)[O-]. The third kappa shape index (κ3) is 8.92. The van der Waals surface area contributed by atoms with Gasteiger partial charge in [-0.3, -0.25) is 10.1 Å². The van der Waals surface area contributed by atoms with E-state index in [1.54, 1.807) is 12.1 Å². The molecule has 0 radical (unpaired) electrons. The van der Waals surface area contributed by atoms with E-state index in [2.05, 4.69) is 0 Å². The molecule has 0 N–H and O–H groups in total. The fourth-order valence-electron chi connectivity index (χ4n) is 0.988. The van der Waals surface area contributed by atoms with Crippen LogP contribution in [0.3, 0.4) is 0 Å². The van der Waals surface area contributed by atoms with Gasteiger partial charge < -0.3 is 9.59 Å². The Morgan fingerprint density at radius 3 is 1.82 bits per heavy atom. The Morgan fingerprint density at radius 2 is 1.53 bits per heavy atom. The van der Waals surface area contributed by atoms with E-state index in [1.807, 2.05) is 40.4 Å². The van der Waals surface area contributed by atoms with Crippen molar-refractivity contribution in [3.8, 4) is 0 Å². The molecule has 0 saturated heterocycles. The molecule has 0 fully saturated rings. The van der Waals surface area contributed by atoms with E-state index in [9.17, 15) is 10.1 Å². The molecular weight excluding hydrogens is 222 g/mol. The van der Waals surface area contributed by atoms with E-state index in [-0.39, 0.29) is 10.6 Å². The lowest BCUT2D eigenvalue weighted by Crippen LogP contribution is -1.92. The summed E-state index contributed by atoms with van der Waals surface area (Å²) in [7, 11) is 0. The average molecular weight is 241 g/mol. The van der Waals surface area contributed by atoms with E-state index >= 15 is 0 Å². The van der Waals surface area contributed by atoms with Gasteiger partial charge in [0, 0.05) is 11.6 Å². The fourth-order valence-corrected chi connectivity index (χ4v) is 0.988. The van der Waals surface area contributed by atoms with Gasteiger partial charge >= 0.3 is 0 Å². The Bertz CT molecular complexity index is 300. The molecule has 5 nitrogen and oxygen atoms in total. The zero-order chi connectivity index (χ0) is 14.3. The largest absolute Gasteiger partial charge is 0.307 e. The number of carbonyl (C=O) groups excluding carboxylic acids is 2. The monoisotopic (exact) mass is 241 g/mol. The van der Waals surface area contributed by atoms with Crippen LogP contribution < -0.4 is 0 Å². The van der Waals surface area contributed by atoms with E-state index in [0.717, 1.165) is 5.56 Å². The van der Waals surface area contributed by atoms with Crippen molar-refractivity contribution in [2.45, 2.75) is 27.2 Å². The second kappa shape index (κ2) is 16.4. The first kappa shape index (κ1) is 20.4. The second-order valence-corrected chi connectivity index (χ2v) is 2.24. The summed E-state index contributed by atoms with van der Waals surface area (Å²) < 4.78 is 0. The number of aryl methyl sites for hydroxylation is 1. The summed E-state index contributed by atoms with van der Waals surface area (Å²) in [6.45, 7) is 9.91. The highest BCUT2D eigenvalue weighted by atomic mass is 16.6. The maximum atomic E-state index is 10.4. The van der Waals surface area contributed by atoms with Crippen molar-refractivity contribution in [3.05, 3.63) is 39.9 Å². The van der Waals surface area contributed by atoms with Gasteiger partial charge in [-0.05, 0) is 6.42 Å². The Labute approximate surface area is 102 Å². The van der Waals surface area contributed by atoms with E-state index in [0.29, 0.717) is 6.42 Å². The van der Waals surface area contributed by atoms with Crippen molar-refractivity contribution >= 4 is 19.3 Å². The molecule has 1 aromatic rings. The van der Waals surface area contributed by atoms with Crippen LogP contribution in [0.25, 0.3) is 0 Å². The Balaban J connectivity index is -0.000000285. The molecule has 0 bridgehead atoms. The molecule has 0 amide bonds. The van der Waals surface area contributed by atoms with Gasteiger partial charge in [-0.25, -0.2) is 0 Å². The first-order valence-electron chi connectivity index (χ1n) is 5.05. The fraction of sp³-hybridized carbons (Fsp3) is 0.333. The molecule has 5 heteroatoms. The lowest BCUT2D eigenvalue weighted by atomic mass is 10.1. The topological polar surface area (TPSA) is 77.3 Å². The number of benzene rings is 1. The van der Waals surface area contributed by atoms with Crippen LogP contribution in [0.2, 0.25) is 0 Å². The molecule has 0 heterocycles. The van der Waals surface area contributed by atoms with Crippen molar-refractivity contribution in [1.82, 2.24) is 0 Å². The molecule has 1 rings (SSSR count). The molecule has 17 heavy (non-hydrogen) atoms. The molecule has 0 spiro atoms. The normalized spacial score (nSPS) is 7.00. The highest BCUT2D eigenvalue weighted by molar-refractivity contribution is 5.39. The first-order chi connectivity index (χ1) is 8.25. The summed E-state index contributed by atoms with van der Waals surface area (Å²) in [4.78, 5) is 26.0. The number of carbonyl (C=O) groups is 2. The minimum atomic E-state index is -0.348. The molecule has 0 aliphatic rings. The van der Waals surface area contributed by atoms with Crippen LogP contribution in [0.1, 0.15) is 26.3 Å². The zero-order valence-electron chi connectivity index (χ0n) is 10.5. The molecule has 0 atom stereocenters. The summed E-state index contributed by atoms with van der Waals surface area (Å²) in [5, 5.41) is 10.4. The quantitative estimate of drug-likeness (QED) is 0.589. The molecule has 0 aliphatic heterocycles. The number of nitro groups is 1. The van der Waals surface area contributed by atoms with Crippen LogP contribution in [0.5, 0.6) is 0 Å². The van der Waals surface area contributed by atoms with Gasteiger partial charge in [0.1, 0.15) is 13.6 Å². The number of hydrogen-bond acceptors (Lipinski definition) is 4. The number of nitrogens with zero attached hydrogens (tertiary/aromatic N) is 1. The number of para-hydroxylation sites is 1. The highest BCUT2D eigenvalue weighted by Crippen LogP contribution is 2.17. The Hall–Kier alpha value is -2.04. The number of rotatable bonds is 2. The molecule has 0 aromatic heterocycles. The number of nitro benzene ring substituents is 1. The Morgan fingerprint density at radius 1 is 1.12 bits per heavy atom. The van der Waals surface area contributed by atoms with Gasteiger partial charge in [0.15, 0.2) is 0 Å². The predicted octanol–water partition coefficient (Wildman–Crippen LogP) is 2.81.